The summed E-state index contributed by atoms with van der Waals surface area (Å²) in [6.07, 6.45) is 1.81. The van der Waals surface area contributed by atoms with E-state index in [9.17, 15) is 4.39 Å². The monoisotopic (exact) mass is 236 g/mol. The zero-order chi connectivity index (χ0) is 11.5. The number of thiazole rings is 1. The second kappa shape index (κ2) is 4.61. The van der Waals surface area contributed by atoms with Gasteiger partial charge < -0.3 is 5.32 Å². The molecule has 2 rings (SSSR count). The van der Waals surface area contributed by atoms with Crippen LogP contribution in [-0.2, 0) is 6.54 Å². The summed E-state index contributed by atoms with van der Waals surface area (Å²) in [6.45, 7) is 4.42. The van der Waals surface area contributed by atoms with E-state index in [1.807, 2.05) is 19.9 Å². The van der Waals surface area contributed by atoms with Crippen LogP contribution in [0.15, 0.2) is 24.4 Å². The van der Waals surface area contributed by atoms with Gasteiger partial charge in [-0.2, -0.15) is 0 Å². The van der Waals surface area contributed by atoms with E-state index in [0.29, 0.717) is 12.1 Å². The first-order valence-corrected chi connectivity index (χ1v) is 5.88. The maximum atomic E-state index is 13.4. The quantitative estimate of drug-likeness (QED) is 0.882. The number of rotatable bonds is 3. The first-order valence-electron chi connectivity index (χ1n) is 5.06. The predicted molar refractivity (Wildman–Crippen MR) is 65.3 cm³/mol. The summed E-state index contributed by atoms with van der Waals surface area (Å²) in [5, 5.41) is 3.95. The highest BCUT2D eigenvalue weighted by Crippen LogP contribution is 2.18. The number of benzene rings is 1. The van der Waals surface area contributed by atoms with Crippen molar-refractivity contribution in [3.05, 3.63) is 46.2 Å². The molecule has 0 atom stereocenters. The maximum absolute atomic E-state index is 13.4. The zero-order valence-electron chi connectivity index (χ0n) is 9.25. The Morgan fingerprint density at radius 3 is 2.88 bits per heavy atom. The summed E-state index contributed by atoms with van der Waals surface area (Å²) < 4.78 is 13.4. The van der Waals surface area contributed by atoms with E-state index in [-0.39, 0.29) is 5.82 Å². The Labute approximate surface area is 98.2 Å². The molecule has 0 saturated heterocycles. The largest absolute Gasteiger partial charge is 0.357 e. The highest BCUT2D eigenvalue weighted by atomic mass is 32.1. The molecule has 0 aliphatic carbocycles. The lowest BCUT2D eigenvalue weighted by atomic mass is 10.1. The summed E-state index contributed by atoms with van der Waals surface area (Å²) in [7, 11) is 0. The van der Waals surface area contributed by atoms with Gasteiger partial charge in [0.2, 0.25) is 0 Å². The Kier molecular flexibility index (Phi) is 3.19. The van der Waals surface area contributed by atoms with E-state index < -0.39 is 0 Å². The number of aromatic nitrogens is 1. The molecule has 16 heavy (non-hydrogen) atoms. The minimum atomic E-state index is -0.175. The van der Waals surface area contributed by atoms with E-state index in [1.54, 1.807) is 23.6 Å². The van der Waals surface area contributed by atoms with Crippen LogP contribution >= 0.6 is 11.3 Å². The van der Waals surface area contributed by atoms with Crippen LogP contribution < -0.4 is 5.32 Å². The van der Waals surface area contributed by atoms with Gasteiger partial charge in [-0.15, -0.1) is 11.3 Å². The lowest BCUT2D eigenvalue weighted by Crippen LogP contribution is -2.01. The molecule has 0 aliphatic rings. The summed E-state index contributed by atoms with van der Waals surface area (Å²) in [5.74, 6) is -0.175. The van der Waals surface area contributed by atoms with Gasteiger partial charge in [0.25, 0.3) is 0 Å². The van der Waals surface area contributed by atoms with Crippen molar-refractivity contribution in [2.45, 2.75) is 20.4 Å². The molecule has 0 amide bonds. The number of halogens is 1. The second-order valence-corrected chi connectivity index (χ2v) is 4.96. The standard InChI is InChI=1S/C12H13FN2S/c1-8-3-4-11(13)10(5-8)7-15-12-14-6-9(2)16-12/h3-6H,7H2,1-2H3,(H,14,15). The van der Waals surface area contributed by atoms with Crippen LogP contribution in [0, 0.1) is 19.7 Å². The molecule has 2 aromatic rings. The first kappa shape index (κ1) is 11.1. The minimum absolute atomic E-state index is 0.175. The van der Waals surface area contributed by atoms with Gasteiger partial charge in [0.05, 0.1) is 0 Å². The Balaban J connectivity index is 2.07. The lowest BCUT2D eigenvalue weighted by Gasteiger charge is -2.05. The molecule has 1 aromatic heterocycles. The molecular weight excluding hydrogens is 223 g/mol. The van der Waals surface area contributed by atoms with E-state index in [0.717, 1.165) is 15.6 Å². The summed E-state index contributed by atoms with van der Waals surface area (Å²) in [4.78, 5) is 5.31. The number of hydrogen-bond donors (Lipinski definition) is 1. The molecule has 4 heteroatoms. The van der Waals surface area contributed by atoms with Gasteiger partial charge in [-0.05, 0) is 19.9 Å². The summed E-state index contributed by atoms with van der Waals surface area (Å²) in [6, 6.07) is 5.12. The van der Waals surface area contributed by atoms with Gasteiger partial charge in [-0.1, -0.05) is 17.7 Å². The molecular formula is C12H13FN2S. The number of aryl methyl sites for hydroxylation is 2. The molecule has 2 nitrogen and oxygen atoms in total. The van der Waals surface area contributed by atoms with Crippen molar-refractivity contribution in [1.29, 1.82) is 0 Å². The highest BCUT2D eigenvalue weighted by molar-refractivity contribution is 7.15. The van der Waals surface area contributed by atoms with E-state index >= 15 is 0 Å². The molecule has 0 fully saturated rings. The van der Waals surface area contributed by atoms with Crippen molar-refractivity contribution in [2.75, 3.05) is 5.32 Å². The topological polar surface area (TPSA) is 24.9 Å². The second-order valence-electron chi connectivity index (χ2n) is 3.72. The third-order valence-electron chi connectivity index (χ3n) is 2.25. The fraction of sp³-hybridized carbons (Fsp3) is 0.250. The van der Waals surface area contributed by atoms with Gasteiger partial charge in [0.15, 0.2) is 5.13 Å². The number of nitrogens with zero attached hydrogens (tertiary/aromatic N) is 1. The molecule has 0 bridgehead atoms. The number of nitrogens with one attached hydrogen (secondary N) is 1. The Hall–Kier alpha value is -1.42. The van der Waals surface area contributed by atoms with Crippen molar-refractivity contribution in [3.8, 4) is 0 Å². The smallest absolute Gasteiger partial charge is 0.183 e. The fourth-order valence-corrected chi connectivity index (χ4v) is 2.11. The molecule has 0 aliphatic heterocycles. The van der Waals surface area contributed by atoms with Gasteiger partial charge in [0, 0.05) is 23.2 Å². The van der Waals surface area contributed by atoms with Crippen molar-refractivity contribution < 1.29 is 4.39 Å². The third-order valence-corrected chi connectivity index (χ3v) is 3.12. The summed E-state index contributed by atoms with van der Waals surface area (Å²) in [5.41, 5.74) is 1.74. The van der Waals surface area contributed by atoms with Crippen molar-refractivity contribution in [1.82, 2.24) is 4.98 Å². The van der Waals surface area contributed by atoms with Crippen LogP contribution in [0.1, 0.15) is 16.0 Å². The van der Waals surface area contributed by atoms with Crippen LogP contribution in [0.4, 0.5) is 9.52 Å². The van der Waals surface area contributed by atoms with E-state index in [4.69, 9.17) is 0 Å². The highest BCUT2D eigenvalue weighted by Gasteiger charge is 2.03. The van der Waals surface area contributed by atoms with Gasteiger partial charge >= 0.3 is 0 Å². The zero-order valence-corrected chi connectivity index (χ0v) is 10.1. The Morgan fingerprint density at radius 1 is 1.38 bits per heavy atom. The average Bonchev–Trinajstić information content (AvgIpc) is 2.66. The Morgan fingerprint density at radius 2 is 2.19 bits per heavy atom. The van der Waals surface area contributed by atoms with Gasteiger partial charge in [-0.25, -0.2) is 9.37 Å². The average molecular weight is 236 g/mol. The molecule has 0 radical (unpaired) electrons. The van der Waals surface area contributed by atoms with Gasteiger partial charge in [0.1, 0.15) is 5.82 Å². The van der Waals surface area contributed by atoms with Crippen LogP contribution in [0.3, 0.4) is 0 Å². The molecule has 0 saturated carbocycles. The predicted octanol–water partition coefficient (Wildman–Crippen LogP) is 3.51. The van der Waals surface area contributed by atoms with Crippen LogP contribution in [0.25, 0.3) is 0 Å². The molecule has 1 N–H and O–H groups in total. The Bertz CT molecular complexity index is 494. The van der Waals surface area contributed by atoms with Gasteiger partial charge in [-0.3, -0.25) is 0 Å². The van der Waals surface area contributed by atoms with Crippen molar-refractivity contribution >= 4 is 16.5 Å². The normalized spacial score (nSPS) is 10.4. The van der Waals surface area contributed by atoms with E-state index in [2.05, 4.69) is 10.3 Å². The van der Waals surface area contributed by atoms with Crippen LogP contribution in [-0.4, -0.2) is 4.98 Å². The van der Waals surface area contributed by atoms with Crippen LogP contribution in [0.5, 0.6) is 0 Å². The third kappa shape index (κ3) is 2.58. The maximum Gasteiger partial charge on any atom is 0.183 e. The summed E-state index contributed by atoms with van der Waals surface area (Å²) >= 11 is 1.57. The molecule has 0 unspecified atom stereocenters. The van der Waals surface area contributed by atoms with Crippen molar-refractivity contribution in [3.63, 3.8) is 0 Å². The minimum Gasteiger partial charge on any atom is -0.357 e. The number of anilines is 1. The molecule has 0 spiro atoms. The fourth-order valence-electron chi connectivity index (χ4n) is 1.45. The van der Waals surface area contributed by atoms with Crippen molar-refractivity contribution in [2.24, 2.45) is 0 Å². The molecule has 1 aromatic carbocycles. The van der Waals surface area contributed by atoms with Crippen LogP contribution in [0.2, 0.25) is 0 Å². The molecule has 1 heterocycles. The lowest BCUT2D eigenvalue weighted by molar-refractivity contribution is 0.612. The number of hydrogen-bond acceptors (Lipinski definition) is 3. The van der Waals surface area contributed by atoms with E-state index in [1.165, 1.54) is 6.07 Å². The SMILES string of the molecule is Cc1ccc(F)c(CNc2ncc(C)s2)c1. The first-order chi connectivity index (χ1) is 7.65. The molecule has 84 valence electrons.